The van der Waals surface area contributed by atoms with Crippen LogP contribution in [0.2, 0.25) is 0 Å². The summed E-state index contributed by atoms with van der Waals surface area (Å²) in [6.45, 7) is 8.61. The van der Waals surface area contributed by atoms with Crippen molar-refractivity contribution in [3.05, 3.63) is 130 Å². The zero-order chi connectivity index (χ0) is 28.6. The summed E-state index contributed by atoms with van der Waals surface area (Å²) in [5.74, 6) is -0.330. The van der Waals surface area contributed by atoms with Crippen LogP contribution >= 0.6 is 0 Å². The van der Waals surface area contributed by atoms with Crippen LogP contribution in [0.4, 0.5) is 13.2 Å². The smallest absolute Gasteiger partial charge is 0.346 e. The second kappa shape index (κ2) is 10.7. The summed E-state index contributed by atoms with van der Waals surface area (Å²) >= 11 is 0. The normalized spacial score (nSPS) is 12.5. The Kier molecular flexibility index (Phi) is 7.28. The molecule has 1 N–H and O–H groups in total. The second-order valence-electron chi connectivity index (χ2n) is 10.4. The molecule has 40 heavy (non-hydrogen) atoms. The third-order valence-corrected chi connectivity index (χ3v) is 7.71. The Labute approximate surface area is 232 Å². The number of benzene rings is 4. The van der Waals surface area contributed by atoms with E-state index in [1.807, 2.05) is 25.1 Å². The van der Waals surface area contributed by atoms with Crippen molar-refractivity contribution in [1.82, 2.24) is 9.88 Å². The van der Waals surface area contributed by atoms with Gasteiger partial charge in [-0.2, -0.15) is 13.2 Å². The number of hydrogen-bond acceptors (Lipinski definition) is 1. The van der Waals surface area contributed by atoms with Gasteiger partial charge in [0.1, 0.15) is 0 Å². The van der Waals surface area contributed by atoms with Crippen LogP contribution in [-0.4, -0.2) is 10.5 Å². The lowest BCUT2D eigenvalue weighted by atomic mass is 9.99. The summed E-state index contributed by atoms with van der Waals surface area (Å²) in [7, 11) is 0. The molecule has 0 radical (unpaired) electrons. The van der Waals surface area contributed by atoms with E-state index in [2.05, 4.69) is 66.2 Å². The molecule has 5 rings (SSSR count). The predicted octanol–water partition coefficient (Wildman–Crippen LogP) is 8.79. The third kappa shape index (κ3) is 5.39. The van der Waals surface area contributed by atoms with Gasteiger partial charge in [-0.25, -0.2) is 0 Å². The molecule has 1 aromatic heterocycles. The quantitative estimate of drug-likeness (QED) is 0.229. The van der Waals surface area contributed by atoms with E-state index in [0.717, 1.165) is 34.3 Å². The Morgan fingerprint density at radius 3 is 2.30 bits per heavy atom. The van der Waals surface area contributed by atoms with Crippen LogP contribution in [0.15, 0.2) is 91.0 Å². The summed E-state index contributed by atoms with van der Waals surface area (Å²) in [4.78, 5) is 13.1. The van der Waals surface area contributed by atoms with Crippen molar-refractivity contribution in [3.8, 4) is 11.1 Å². The maximum atomic E-state index is 13.1. The monoisotopic (exact) mass is 540 g/mol. The van der Waals surface area contributed by atoms with Gasteiger partial charge in [-0.05, 0) is 91.4 Å². The first-order valence-electron chi connectivity index (χ1n) is 13.3. The number of rotatable bonds is 6. The molecule has 0 unspecified atom stereocenters. The average molecular weight is 541 g/mol. The number of amides is 1. The highest BCUT2D eigenvalue weighted by Gasteiger charge is 2.30. The molecule has 0 bridgehead atoms. The average Bonchev–Trinajstić information content (AvgIpc) is 3.17. The van der Waals surface area contributed by atoms with Gasteiger partial charge in [0, 0.05) is 28.7 Å². The molecule has 5 aromatic rings. The number of alkyl halides is 3. The highest BCUT2D eigenvalue weighted by molar-refractivity contribution is 5.99. The maximum absolute atomic E-state index is 13.1. The van der Waals surface area contributed by atoms with E-state index in [4.69, 9.17) is 0 Å². The first-order chi connectivity index (χ1) is 19.0. The molecule has 0 aliphatic carbocycles. The van der Waals surface area contributed by atoms with Crippen molar-refractivity contribution >= 4 is 16.8 Å². The molecule has 1 atom stereocenters. The summed E-state index contributed by atoms with van der Waals surface area (Å²) < 4.78 is 41.6. The lowest BCUT2D eigenvalue weighted by Crippen LogP contribution is -2.26. The van der Waals surface area contributed by atoms with Crippen molar-refractivity contribution in [2.24, 2.45) is 0 Å². The molecule has 4 aromatic carbocycles. The summed E-state index contributed by atoms with van der Waals surface area (Å²) in [5, 5.41) is 3.83. The van der Waals surface area contributed by atoms with Crippen molar-refractivity contribution < 1.29 is 18.0 Å². The molecule has 0 aliphatic rings. The number of nitrogens with one attached hydrogen (secondary N) is 1. The predicted molar refractivity (Wildman–Crippen MR) is 154 cm³/mol. The van der Waals surface area contributed by atoms with Gasteiger partial charge >= 0.3 is 6.18 Å². The molecule has 204 valence electrons. The van der Waals surface area contributed by atoms with Crippen LogP contribution < -0.4 is 5.32 Å². The van der Waals surface area contributed by atoms with E-state index >= 15 is 0 Å². The van der Waals surface area contributed by atoms with Crippen LogP contribution in [0.5, 0.6) is 0 Å². The highest BCUT2D eigenvalue weighted by atomic mass is 19.4. The second-order valence-corrected chi connectivity index (χ2v) is 10.4. The Balaban J connectivity index is 1.36. The van der Waals surface area contributed by atoms with Crippen LogP contribution in [0.25, 0.3) is 22.0 Å². The van der Waals surface area contributed by atoms with E-state index in [0.29, 0.717) is 17.7 Å². The first kappa shape index (κ1) is 27.3. The molecule has 6 heteroatoms. The van der Waals surface area contributed by atoms with E-state index in [1.165, 1.54) is 28.3 Å². The standard InChI is InChI=1S/C34H31F3N2O/c1-21-8-5-6-11-30(21)26-14-12-25(13-15-26)20-39-24(4)22(2)31-19-28(16-17-32(31)39)33(40)38-23(3)27-9-7-10-29(18-27)34(35,36)37/h5-19,23H,20H2,1-4H3,(H,38,40)/t23-/m0/s1. The van der Waals surface area contributed by atoms with Crippen molar-refractivity contribution in [2.75, 3.05) is 0 Å². The molecule has 0 spiro atoms. The Bertz CT molecular complexity index is 1700. The zero-order valence-electron chi connectivity index (χ0n) is 22.9. The molecule has 0 saturated heterocycles. The van der Waals surface area contributed by atoms with Crippen LogP contribution in [0.1, 0.15) is 56.8 Å². The molecule has 3 nitrogen and oxygen atoms in total. The van der Waals surface area contributed by atoms with Gasteiger partial charge in [-0.15, -0.1) is 0 Å². The number of halogens is 3. The third-order valence-electron chi connectivity index (χ3n) is 7.71. The summed E-state index contributed by atoms with van der Waals surface area (Å²) in [5.41, 5.74) is 8.19. The fourth-order valence-corrected chi connectivity index (χ4v) is 5.21. The number of carbonyl (C=O) groups is 1. The lowest BCUT2D eigenvalue weighted by molar-refractivity contribution is -0.137. The van der Waals surface area contributed by atoms with Crippen molar-refractivity contribution in [2.45, 2.75) is 46.5 Å². The first-order valence-corrected chi connectivity index (χ1v) is 13.3. The van der Waals surface area contributed by atoms with Crippen LogP contribution in [-0.2, 0) is 12.7 Å². The Hall–Kier alpha value is -4.32. The van der Waals surface area contributed by atoms with Gasteiger partial charge in [0.15, 0.2) is 0 Å². The Morgan fingerprint density at radius 2 is 1.60 bits per heavy atom. The summed E-state index contributed by atoms with van der Waals surface area (Å²) in [6.07, 6.45) is -4.43. The highest BCUT2D eigenvalue weighted by Crippen LogP contribution is 2.31. The van der Waals surface area contributed by atoms with E-state index < -0.39 is 17.8 Å². The van der Waals surface area contributed by atoms with Gasteiger partial charge in [-0.1, -0.05) is 60.7 Å². The number of fused-ring (bicyclic) bond motifs is 1. The maximum Gasteiger partial charge on any atom is 0.416 e. The number of aryl methyl sites for hydroxylation is 2. The lowest BCUT2D eigenvalue weighted by Gasteiger charge is -2.16. The number of aromatic nitrogens is 1. The number of hydrogen-bond donors (Lipinski definition) is 1. The largest absolute Gasteiger partial charge is 0.416 e. The van der Waals surface area contributed by atoms with Gasteiger partial charge in [0.25, 0.3) is 5.91 Å². The molecule has 0 aliphatic heterocycles. The van der Waals surface area contributed by atoms with Gasteiger partial charge < -0.3 is 9.88 Å². The minimum atomic E-state index is -4.43. The molecule has 0 saturated carbocycles. The Morgan fingerprint density at radius 1 is 0.875 bits per heavy atom. The minimum Gasteiger partial charge on any atom is -0.346 e. The topological polar surface area (TPSA) is 34.0 Å². The molecule has 1 amide bonds. The minimum absolute atomic E-state index is 0.330. The van der Waals surface area contributed by atoms with E-state index in [1.54, 1.807) is 19.1 Å². The summed E-state index contributed by atoms with van der Waals surface area (Å²) in [6, 6.07) is 27.0. The van der Waals surface area contributed by atoms with Gasteiger partial charge in [0.05, 0.1) is 11.6 Å². The zero-order valence-corrected chi connectivity index (χ0v) is 22.9. The van der Waals surface area contributed by atoms with Crippen molar-refractivity contribution in [3.63, 3.8) is 0 Å². The van der Waals surface area contributed by atoms with Crippen LogP contribution in [0.3, 0.4) is 0 Å². The van der Waals surface area contributed by atoms with E-state index in [9.17, 15) is 18.0 Å². The van der Waals surface area contributed by atoms with Crippen molar-refractivity contribution in [1.29, 1.82) is 0 Å². The van der Waals surface area contributed by atoms with Gasteiger partial charge in [0.2, 0.25) is 0 Å². The van der Waals surface area contributed by atoms with E-state index in [-0.39, 0.29) is 5.91 Å². The molecule has 0 fully saturated rings. The molecule has 1 heterocycles. The van der Waals surface area contributed by atoms with Gasteiger partial charge in [-0.3, -0.25) is 4.79 Å². The number of nitrogens with zero attached hydrogens (tertiary/aromatic N) is 1. The fraction of sp³-hybridized carbons (Fsp3) is 0.206. The number of carbonyl (C=O) groups excluding carboxylic acids is 1. The molecular formula is C34H31F3N2O. The van der Waals surface area contributed by atoms with Crippen LogP contribution in [0, 0.1) is 20.8 Å². The fourth-order valence-electron chi connectivity index (χ4n) is 5.21. The SMILES string of the molecule is Cc1ccccc1-c1ccc(Cn2c(C)c(C)c3cc(C(=O)N[C@@H](C)c4cccc(C(F)(F)F)c4)ccc32)cc1. The molecular weight excluding hydrogens is 509 g/mol.